The molecule has 0 saturated heterocycles. The number of carbonyl (C=O) groups excluding carboxylic acids is 2. The fraction of sp³-hybridized carbons (Fsp3) is 0.417. The number of aryl methyl sites for hydroxylation is 1. The Kier molecular flexibility index (Phi) is 5.10. The second-order valence-corrected chi connectivity index (χ2v) is 3.54. The van der Waals surface area contributed by atoms with Crippen LogP contribution in [0.5, 0.6) is 0 Å². The zero-order valence-corrected chi connectivity index (χ0v) is 10.4. The van der Waals surface area contributed by atoms with Crippen LogP contribution in [0, 0.1) is 0 Å². The van der Waals surface area contributed by atoms with Crippen molar-refractivity contribution in [1.29, 1.82) is 0 Å². The SMILES string of the molecule is CCOC(=O)CCc1ccc(C(=O)OC)nc1N. The van der Waals surface area contributed by atoms with E-state index in [0.29, 0.717) is 18.6 Å². The Hall–Kier alpha value is -2.11. The molecule has 0 amide bonds. The van der Waals surface area contributed by atoms with Gasteiger partial charge in [-0.25, -0.2) is 9.78 Å². The second-order valence-electron chi connectivity index (χ2n) is 3.54. The van der Waals surface area contributed by atoms with Crippen molar-refractivity contribution in [2.24, 2.45) is 0 Å². The Morgan fingerprint density at radius 3 is 2.67 bits per heavy atom. The largest absolute Gasteiger partial charge is 0.466 e. The number of ether oxygens (including phenoxy) is 2. The first kappa shape index (κ1) is 14.0. The van der Waals surface area contributed by atoms with Gasteiger partial charge in [-0.3, -0.25) is 4.79 Å². The van der Waals surface area contributed by atoms with Crippen molar-refractivity contribution in [3.8, 4) is 0 Å². The van der Waals surface area contributed by atoms with Crippen LogP contribution >= 0.6 is 0 Å². The van der Waals surface area contributed by atoms with Crippen molar-refractivity contribution in [1.82, 2.24) is 4.98 Å². The molecule has 1 aromatic heterocycles. The molecule has 0 unspecified atom stereocenters. The minimum Gasteiger partial charge on any atom is -0.466 e. The number of nitrogens with two attached hydrogens (primary N) is 1. The van der Waals surface area contributed by atoms with E-state index in [4.69, 9.17) is 10.5 Å². The number of aromatic nitrogens is 1. The molecule has 1 rings (SSSR count). The Morgan fingerprint density at radius 2 is 2.11 bits per heavy atom. The number of nitrogen functional groups attached to an aromatic ring is 1. The summed E-state index contributed by atoms with van der Waals surface area (Å²) >= 11 is 0. The van der Waals surface area contributed by atoms with E-state index in [0.717, 1.165) is 0 Å². The van der Waals surface area contributed by atoms with E-state index in [-0.39, 0.29) is 23.9 Å². The molecule has 0 spiro atoms. The summed E-state index contributed by atoms with van der Waals surface area (Å²) in [6.45, 7) is 2.10. The van der Waals surface area contributed by atoms with Crippen molar-refractivity contribution >= 4 is 17.8 Å². The molecule has 1 heterocycles. The Morgan fingerprint density at radius 1 is 1.39 bits per heavy atom. The number of rotatable bonds is 5. The van der Waals surface area contributed by atoms with Gasteiger partial charge in [-0.2, -0.15) is 0 Å². The van der Waals surface area contributed by atoms with Gasteiger partial charge in [0.1, 0.15) is 5.82 Å². The molecule has 1 aromatic rings. The van der Waals surface area contributed by atoms with Crippen LogP contribution in [-0.4, -0.2) is 30.6 Å². The highest BCUT2D eigenvalue weighted by atomic mass is 16.5. The fourth-order valence-corrected chi connectivity index (χ4v) is 1.40. The van der Waals surface area contributed by atoms with Gasteiger partial charge in [-0.05, 0) is 25.0 Å². The first-order chi connectivity index (χ1) is 8.58. The third-order valence-corrected chi connectivity index (χ3v) is 2.31. The molecule has 2 N–H and O–H groups in total. The van der Waals surface area contributed by atoms with E-state index < -0.39 is 5.97 Å². The molecule has 0 aliphatic carbocycles. The molecule has 0 fully saturated rings. The molecule has 6 heteroatoms. The summed E-state index contributed by atoms with van der Waals surface area (Å²) in [6.07, 6.45) is 0.663. The second kappa shape index (κ2) is 6.58. The van der Waals surface area contributed by atoms with Crippen molar-refractivity contribution in [3.63, 3.8) is 0 Å². The molecule has 0 aliphatic rings. The van der Waals surface area contributed by atoms with Gasteiger partial charge in [0.05, 0.1) is 13.7 Å². The van der Waals surface area contributed by atoms with E-state index in [2.05, 4.69) is 9.72 Å². The van der Waals surface area contributed by atoms with E-state index in [9.17, 15) is 9.59 Å². The average molecular weight is 252 g/mol. The van der Waals surface area contributed by atoms with Crippen molar-refractivity contribution in [3.05, 3.63) is 23.4 Å². The summed E-state index contributed by atoms with van der Waals surface area (Å²) < 4.78 is 9.34. The van der Waals surface area contributed by atoms with Gasteiger partial charge < -0.3 is 15.2 Å². The van der Waals surface area contributed by atoms with E-state index in [1.807, 2.05) is 0 Å². The van der Waals surface area contributed by atoms with Gasteiger partial charge >= 0.3 is 11.9 Å². The lowest BCUT2D eigenvalue weighted by molar-refractivity contribution is -0.143. The van der Waals surface area contributed by atoms with Gasteiger partial charge in [0.25, 0.3) is 0 Å². The lowest BCUT2D eigenvalue weighted by Gasteiger charge is -2.06. The van der Waals surface area contributed by atoms with Gasteiger partial charge in [0, 0.05) is 6.42 Å². The maximum absolute atomic E-state index is 11.2. The minimum absolute atomic E-state index is 0.148. The van der Waals surface area contributed by atoms with Crippen LogP contribution in [0.1, 0.15) is 29.4 Å². The number of methoxy groups -OCH3 is 1. The van der Waals surface area contributed by atoms with Crippen molar-refractivity contribution in [2.45, 2.75) is 19.8 Å². The maximum atomic E-state index is 11.2. The third kappa shape index (κ3) is 3.73. The van der Waals surface area contributed by atoms with Crippen LogP contribution in [0.4, 0.5) is 5.82 Å². The normalized spacial score (nSPS) is 9.89. The van der Waals surface area contributed by atoms with Crippen molar-refractivity contribution in [2.75, 3.05) is 19.5 Å². The van der Waals surface area contributed by atoms with Crippen LogP contribution in [0.3, 0.4) is 0 Å². The molecular formula is C12H16N2O4. The number of esters is 2. The van der Waals surface area contributed by atoms with E-state index >= 15 is 0 Å². The average Bonchev–Trinajstić information content (AvgIpc) is 2.36. The van der Waals surface area contributed by atoms with Crippen LogP contribution in [-0.2, 0) is 20.7 Å². The molecule has 0 saturated carbocycles. The molecule has 98 valence electrons. The molecule has 18 heavy (non-hydrogen) atoms. The Labute approximate surface area is 105 Å². The highest BCUT2D eigenvalue weighted by Crippen LogP contribution is 2.13. The Bertz CT molecular complexity index is 446. The maximum Gasteiger partial charge on any atom is 0.356 e. The van der Waals surface area contributed by atoms with Gasteiger partial charge in [0.15, 0.2) is 5.69 Å². The minimum atomic E-state index is -0.543. The smallest absolute Gasteiger partial charge is 0.356 e. The third-order valence-electron chi connectivity index (χ3n) is 2.31. The van der Waals surface area contributed by atoms with E-state index in [1.54, 1.807) is 13.0 Å². The number of pyridine rings is 1. The summed E-state index contributed by atoms with van der Waals surface area (Å²) in [7, 11) is 1.27. The predicted octanol–water partition coefficient (Wildman–Crippen LogP) is 0.946. The summed E-state index contributed by atoms with van der Waals surface area (Å²) in [6, 6.07) is 3.18. The van der Waals surface area contributed by atoms with Crippen LogP contribution in [0.2, 0.25) is 0 Å². The standard InChI is InChI=1S/C12H16N2O4/c1-3-18-10(15)7-5-8-4-6-9(12(16)17-2)14-11(8)13/h4,6H,3,5,7H2,1-2H3,(H2,13,14). The first-order valence-corrected chi connectivity index (χ1v) is 5.57. The fourth-order valence-electron chi connectivity index (χ4n) is 1.40. The molecule has 0 aromatic carbocycles. The molecular weight excluding hydrogens is 236 g/mol. The highest BCUT2D eigenvalue weighted by molar-refractivity contribution is 5.87. The number of hydrogen-bond acceptors (Lipinski definition) is 6. The lowest BCUT2D eigenvalue weighted by atomic mass is 10.1. The topological polar surface area (TPSA) is 91.5 Å². The van der Waals surface area contributed by atoms with Crippen molar-refractivity contribution < 1.29 is 19.1 Å². The molecule has 0 radical (unpaired) electrons. The quantitative estimate of drug-likeness (QED) is 0.784. The zero-order chi connectivity index (χ0) is 13.5. The number of anilines is 1. The first-order valence-electron chi connectivity index (χ1n) is 5.57. The number of nitrogens with zero attached hydrogens (tertiary/aromatic N) is 1. The zero-order valence-electron chi connectivity index (χ0n) is 10.4. The van der Waals surface area contributed by atoms with Crippen LogP contribution < -0.4 is 5.73 Å². The molecule has 0 atom stereocenters. The van der Waals surface area contributed by atoms with Crippen LogP contribution in [0.15, 0.2) is 12.1 Å². The van der Waals surface area contributed by atoms with Gasteiger partial charge in [-0.1, -0.05) is 6.07 Å². The van der Waals surface area contributed by atoms with Crippen LogP contribution in [0.25, 0.3) is 0 Å². The molecule has 0 bridgehead atoms. The molecule has 6 nitrogen and oxygen atoms in total. The summed E-state index contributed by atoms with van der Waals surface area (Å²) in [5.41, 5.74) is 6.56. The van der Waals surface area contributed by atoms with Gasteiger partial charge in [-0.15, -0.1) is 0 Å². The van der Waals surface area contributed by atoms with Gasteiger partial charge in [0.2, 0.25) is 0 Å². The highest BCUT2D eigenvalue weighted by Gasteiger charge is 2.11. The number of hydrogen-bond donors (Lipinski definition) is 1. The number of carbonyl (C=O) groups is 2. The monoisotopic (exact) mass is 252 g/mol. The summed E-state index contributed by atoms with van der Waals surface area (Å²) in [4.78, 5) is 26.3. The summed E-state index contributed by atoms with van der Waals surface area (Å²) in [5.74, 6) is -0.602. The lowest BCUT2D eigenvalue weighted by Crippen LogP contribution is -2.10. The molecule has 0 aliphatic heterocycles. The Balaban J connectivity index is 2.68. The summed E-state index contributed by atoms with van der Waals surface area (Å²) in [5, 5.41) is 0. The van der Waals surface area contributed by atoms with E-state index in [1.165, 1.54) is 13.2 Å². The predicted molar refractivity (Wildman–Crippen MR) is 64.9 cm³/mol.